The van der Waals surface area contributed by atoms with E-state index in [2.05, 4.69) is 10.3 Å². The molecule has 3 nitrogen and oxygen atoms in total. The maximum atomic E-state index is 5.55. The number of aliphatic imine (C=N–C) groups is 1. The number of nitrogens with zero attached hydrogens (tertiary/aromatic N) is 1. The average molecular weight is 161 g/mol. The predicted octanol–water partition coefficient (Wildman–Crippen LogP) is 0.646. The van der Waals surface area contributed by atoms with E-state index in [1.807, 2.05) is 30.3 Å². The van der Waals surface area contributed by atoms with Crippen LogP contribution >= 0.6 is 0 Å². The van der Waals surface area contributed by atoms with Crippen molar-refractivity contribution in [3.8, 4) is 0 Å². The first kappa shape index (κ1) is 7.31. The molecule has 0 aromatic heterocycles. The summed E-state index contributed by atoms with van der Waals surface area (Å²) in [4.78, 5) is 4.24. The van der Waals surface area contributed by atoms with Crippen LogP contribution in [0, 0.1) is 0 Å². The van der Waals surface area contributed by atoms with Crippen LogP contribution in [0.4, 0.5) is 0 Å². The number of hydrogen-bond donors (Lipinski definition) is 2. The lowest BCUT2D eigenvalue weighted by molar-refractivity contribution is 0.643. The molecule has 1 unspecified atom stereocenters. The highest BCUT2D eigenvalue weighted by molar-refractivity contribution is 5.84. The zero-order valence-corrected chi connectivity index (χ0v) is 6.70. The van der Waals surface area contributed by atoms with E-state index in [-0.39, 0.29) is 6.17 Å². The molecule has 1 heterocycles. The van der Waals surface area contributed by atoms with Gasteiger partial charge in [0.15, 0.2) is 0 Å². The third kappa shape index (κ3) is 1.31. The molecular formula is C9H11N3. The zero-order chi connectivity index (χ0) is 8.39. The summed E-state index contributed by atoms with van der Waals surface area (Å²) in [6, 6.07) is 10.1. The van der Waals surface area contributed by atoms with E-state index in [0.29, 0.717) is 12.4 Å². The standard InChI is InChI=1S/C9H11N3/c10-8-6-11-9(12-8)7-4-2-1-3-5-7/h1-5,9,11H,6H2,(H2,10,12). The Hall–Kier alpha value is -1.35. The Kier molecular flexibility index (Phi) is 1.80. The first-order valence-corrected chi connectivity index (χ1v) is 3.97. The van der Waals surface area contributed by atoms with Crippen LogP contribution in [0.15, 0.2) is 35.3 Å². The Morgan fingerprint density at radius 3 is 2.67 bits per heavy atom. The molecule has 1 aromatic carbocycles. The van der Waals surface area contributed by atoms with Gasteiger partial charge in [-0.15, -0.1) is 0 Å². The molecule has 0 spiro atoms. The third-order valence-corrected chi connectivity index (χ3v) is 1.89. The maximum absolute atomic E-state index is 5.55. The minimum Gasteiger partial charge on any atom is -0.386 e. The normalized spacial score (nSPS) is 22.3. The van der Waals surface area contributed by atoms with Crippen LogP contribution in [0.2, 0.25) is 0 Å². The topological polar surface area (TPSA) is 50.4 Å². The summed E-state index contributed by atoms with van der Waals surface area (Å²) in [6.45, 7) is 0.694. The highest BCUT2D eigenvalue weighted by Crippen LogP contribution is 2.15. The van der Waals surface area contributed by atoms with Gasteiger partial charge in [0.25, 0.3) is 0 Å². The van der Waals surface area contributed by atoms with Crippen LogP contribution in [0.5, 0.6) is 0 Å². The van der Waals surface area contributed by atoms with Crippen LogP contribution in [0.1, 0.15) is 11.7 Å². The van der Waals surface area contributed by atoms with Crippen molar-refractivity contribution in [1.29, 1.82) is 0 Å². The van der Waals surface area contributed by atoms with Crippen molar-refractivity contribution < 1.29 is 0 Å². The molecule has 12 heavy (non-hydrogen) atoms. The van der Waals surface area contributed by atoms with Gasteiger partial charge in [0.05, 0.1) is 6.54 Å². The van der Waals surface area contributed by atoms with Gasteiger partial charge in [0.2, 0.25) is 0 Å². The first-order chi connectivity index (χ1) is 5.86. The van der Waals surface area contributed by atoms with Gasteiger partial charge in [-0.05, 0) is 5.56 Å². The molecule has 0 aliphatic carbocycles. The first-order valence-electron chi connectivity index (χ1n) is 3.97. The van der Waals surface area contributed by atoms with Gasteiger partial charge >= 0.3 is 0 Å². The fourth-order valence-electron chi connectivity index (χ4n) is 1.29. The summed E-state index contributed by atoms with van der Waals surface area (Å²) in [5, 5.41) is 3.19. The molecule has 0 fully saturated rings. The predicted molar refractivity (Wildman–Crippen MR) is 48.8 cm³/mol. The van der Waals surface area contributed by atoms with Crippen molar-refractivity contribution in [2.45, 2.75) is 6.17 Å². The quantitative estimate of drug-likeness (QED) is 0.635. The van der Waals surface area contributed by atoms with Crippen molar-refractivity contribution >= 4 is 5.84 Å². The van der Waals surface area contributed by atoms with E-state index in [4.69, 9.17) is 5.73 Å². The van der Waals surface area contributed by atoms with E-state index in [0.717, 1.165) is 5.56 Å². The van der Waals surface area contributed by atoms with Crippen LogP contribution in [-0.2, 0) is 0 Å². The molecule has 62 valence electrons. The minimum absolute atomic E-state index is 0.0613. The van der Waals surface area contributed by atoms with E-state index in [1.165, 1.54) is 0 Å². The molecule has 2 rings (SSSR count). The molecule has 3 N–H and O–H groups in total. The van der Waals surface area contributed by atoms with Gasteiger partial charge in [-0.25, -0.2) is 4.99 Å². The highest BCUT2D eigenvalue weighted by Gasteiger charge is 2.14. The molecule has 3 heteroatoms. The fraction of sp³-hybridized carbons (Fsp3) is 0.222. The van der Waals surface area contributed by atoms with E-state index >= 15 is 0 Å². The summed E-state index contributed by atoms with van der Waals surface area (Å²) in [5.41, 5.74) is 6.71. The fourth-order valence-corrected chi connectivity index (χ4v) is 1.29. The number of benzene rings is 1. The Balaban J connectivity index is 2.22. The zero-order valence-electron chi connectivity index (χ0n) is 6.70. The number of hydrogen-bond acceptors (Lipinski definition) is 3. The van der Waals surface area contributed by atoms with Crippen LogP contribution in [0.3, 0.4) is 0 Å². The van der Waals surface area contributed by atoms with Gasteiger partial charge in [-0.2, -0.15) is 0 Å². The number of nitrogens with two attached hydrogens (primary N) is 1. The van der Waals surface area contributed by atoms with Gasteiger partial charge < -0.3 is 5.73 Å². The van der Waals surface area contributed by atoms with Gasteiger partial charge in [0, 0.05) is 0 Å². The maximum Gasteiger partial charge on any atom is 0.127 e. The molecule has 1 aliphatic heterocycles. The highest BCUT2D eigenvalue weighted by atomic mass is 15.2. The summed E-state index contributed by atoms with van der Waals surface area (Å²) in [7, 11) is 0. The van der Waals surface area contributed by atoms with E-state index in [9.17, 15) is 0 Å². The van der Waals surface area contributed by atoms with Crippen molar-refractivity contribution in [2.75, 3.05) is 6.54 Å². The second-order valence-corrected chi connectivity index (χ2v) is 2.81. The molecule has 0 saturated carbocycles. The lowest BCUT2D eigenvalue weighted by atomic mass is 10.2. The Morgan fingerprint density at radius 1 is 1.33 bits per heavy atom. The van der Waals surface area contributed by atoms with Crippen LogP contribution in [0.25, 0.3) is 0 Å². The molecule has 0 amide bonds. The third-order valence-electron chi connectivity index (χ3n) is 1.89. The Morgan fingerprint density at radius 2 is 2.08 bits per heavy atom. The summed E-state index contributed by atoms with van der Waals surface area (Å²) in [6.07, 6.45) is 0.0613. The molecule has 1 aromatic rings. The smallest absolute Gasteiger partial charge is 0.127 e. The summed E-state index contributed by atoms with van der Waals surface area (Å²) in [5.74, 6) is 0.684. The Labute approximate surface area is 71.3 Å². The van der Waals surface area contributed by atoms with Crippen LogP contribution in [-0.4, -0.2) is 12.4 Å². The minimum atomic E-state index is 0.0613. The molecule has 0 bridgehead atoms. The number of nitrogens with one attached hydrogen (secondary N) is 1. The summed E-state index contributed by atoms with van der Waals surface area (Å²) >= 11 is 0. The van der Waals surface area contributed by atoms with Crippen molar-refractivity contribution in [3.63, 3.8) is 0 Å². The molecule has 1 aliphatic rings. The van der Waals surface area contributed by atoms with E-state index in [1.54, 1.807) is 0 Å². The Bertz CT molecular complexity index is 292. The average Bonchev–Trinajstić information content (AvgIpc) is 2.54. The largest absolute Gasteiger partial charge is 0.386 e. The second kappa shape index (κ2) is 2.95. The SMILES string of the molecule is NC1=NC(c2ccccc2)NC1. The number of rotatable bonds is 1. The second-order valence-electron chi connectivity index (χ2n) is 2.81. The lowest BCUT2D eigenvalue weighted by Crippen LogP contribution is -2.21. The van der Waals surface area contributed by atoms with Gasteiger partial charge in [-0.3, -0.25) is 5.32 Å². The van der Waals surface area contributed by atoms with E-state index < -0.39 is 0 Å². The van der Waals surface area contributed by atoms with Crippen molar-refractivity contribution in [1.82, 2.24) is 5.32 Å². The van der Waals surface area contributed by atoms with Crippen molar-refractivity contribution in [2.24, 2.45) is 10.7 Å². The molecule has 0 saturated heterocycles. The lowest BCUT2D eigenvalue weighted by Gasteiger charge is -2.06. The number of amidine groups is 1. The van der Waals surface area contributed by atoms with Gasteiger partial charge in [-0.1, -0.05) is 30.3 Å². The van der Waals surface area contributed by atoms with Gasteiger partial charge in [0.1, 0.15) is 12.0 Å². The monoisotopic (exact) mass is 161 g/mol. The summed E-state index contributed by atoms with van der Waals surface area (Å²) < 4.78 is 0. The molecule has 1 atom stereocenters. The van der Waals surface area contributed by atoms with Crippen LogP contribution < -0.4 is 11.1 Å². The molecular weight excluding hydrogens is 150 g/mol. The van der Waals surface area contributed by atoms with Crippen molar-refractivity contribution in [3.05, 3.63) is 35.9 Å². The molecule has 0 radical (unpaired) electrons.